The van der Waals surface area contributed by atoms with E-state index in [-0.39, 0.29) is 0 Å². The average molecular weight is 412 g/mol. The third-order valence-corrected chi connectivity index (χ3v) is 8.70. The van der Waals surface area contributed by atoms with Crippen LogP contribution in [0.1, 0.15) is 66.8 Å². The monoisotopic (exact) mass is 411 g/mol. The van der Waals surface area contributed by atoms with Crippen molar-refractivity contribution < 1.29 is 0 Å². The quantitative estimate of drug-likeness (QED) is 0.296. The molecule has 1 heterocycles. The van der Waals surface area contributed by atoms with Gasteiger partial charge in [0.05, 0.1) is 11.0 Å². The molecule has 0 saturated carbocycles. The SMILES string of the molecule is Cc1cc(-n2c3c(C)c(C)c(C)c(C)c3c3c(C)c(C)c(C)c(C)c32)c(C)c(C)c1C. The largest absolute Gasteiger partial charge is 0.308 e. The van der Waals surface area contributed by atoms with Crippen LogP contribution in [-0.2, 0) is 0 Å². The molecule has 0 atom stereocenters. The second kappa shape index (κ2) is 6.99. The van der Waals surface area contributed by atoms with Gasteiger partial charge in [0, 0.05) is 16.5 Å². The fourth-order valence-corrected chi connectivity index (χ4v) is 5.53. The molecule has 3 aromatic carbocycles. The first kappa shape index (κ1) is 21.7. The normalized spacial score (nSPS) is 11.9. The van der Waals surface area contributed by atoms with Crippen molar-refractivity contribution >= 4 is 21.8 Å². The maximum Gasteiger partial charge on any atom is 0.0576 e. The van der Waals surface area contributed by atoms with E-state index < -0.39 is 0 Å². The van der Waals surface area contributed by atoms with Gasteiger partial charge in [-0.05, 0) is 156 Å². The predicted molar refractivity (Wildman–Crippen MR) is 138 cm³/mol. The highest BCUT2D eigenvalue weighted by Crippen LogP contribution is 2.44. The van der Waals surface area contributed by atoms with Gasteiger partial charge in [-0.2, -0.15) is 0 Å². The molecular formula is C30H37N. The number of fused-ring (bicyclic) bond motifs is 3. The van der Waals surface area contributed by atoms with E-state index in [0.29, 0.717) is 0 Å². The standard InChI is InChI=1S/C30H37N/c1-14-13-26(21(8)16(3)15(14)2)31-29-24(11)19(6)17(4)22(9)27(29)28-23(10)18(5)20(7)25(12)30(28)31/h13H,1-12H3. The molecule has 0 fully saturated rings. The van der Waals surface area contributed by atoms with E-state index in [2.05, 4.69) is 93.7 Å². The van der Waals surface area contributed by atoms with Gasteiger partial charge in [0.1, 0.15) is 0 Å². The predicted octanol–water partition coefficient (Wildman–Crippen LogP) is 8.48. The molecule has 1 heteroatoms. The lowest BCUT2D eigenvalue weighted by Gasteiger charge is -2.20. The summed E-state index contributed by atoms with van der Waals surface area (Å²) in [5.74, 6) is 0. The first-order chi connectivity index (χ1) is 14.4. The van der Waals surface area contributed by atoms with Crippen LogP contribution < -0.4 is 0 Å². The molecule has 0 unspecified atom stereocenters. The summed E-state index contributed by atoms with van der Waals surface area (Å²) in [5, 5.41) is 2.88. The Labute approximate surface area is 188 Å². The lowest BCUT2D eigenvalue weighted by Crippen LogP contribution is -2.05. The number of hydrogen-bond donors (Lipinski definition) is 0. The average Bonchev–Trinajstić information content (AvgIpc) is 3.10. The Kier molecular flexibility index (Phi) is 4.89. The van der Waals surface area contributed by atoms with E-state index in [4.69, 9.17) is 0 Å². The molecule has 162 valence electrons. The molecule has 31 heavy (non-hydrogen) atoms. The fraction of sp³-hybridized carbons (Fsp3) is 0.400. The van der Waals surface area contributed by atoms with Gasteiger partial charge in [-0.3, -0.25) is 0 Å². The first-order valence-corrected chi connectivity index (χ1v) is 11.5. The highest BCUT2D eigenvalue weighted by atomic mass is 15.0. The van der Waals surface area contributed by atoms with E-state index >= 15 is 0 Å². The molecular weight excluding hydrogens is 374 g/mol. The Bertz CT molecular complexity index is 1350. The van der Waals surface area contributed by atoms with Crippen molar-refractivity contribution in [2.45, 2.75) is 83.1 Å². The van der Waals surface area contributed by atoms with Gasteiger partial charge < -0.3 is 4.57 Å². The van der Waals surface area contributed by atoms with Gasteiger partial charge in [0.25, 0.3) is 0 Å². The number of aryl methyl sites for hydroxylation is 5. The summed E-state index contributed by atoms with van der Waals surface area (Å²) in [6.07, 6.45) is 0. The third-order valence-electron chi connectivity index (χ3n) is 8.70. The van der Waals surface area contributed by atoms with Crippen molar-refractivity contribution in [2.24, 2.45) is 0 Å². The molecule has 0 spiro atoms. The summed E-state index contributed by atoms with van der Waals surface area (Å²) in [7, 11) is 0. The molecule has 0 bridgehead atoms. The Hall–Kier alpha value is -2.54. The summed E-state index contributed by atoms with van der Waals surface area (Å²) >= 11 is 0. The second-order valence-corrected chi connectivity index (χ2v) is 9.87. The van der Waals surface area contributed by atoms with Crippen LogP contribution in [-0.4, -0.2) is 4.57 Å². The van der Waals surface area contributed by atoms with Crippen molar-refractivity contribution in [2.75, 3.05) is 0 Å². The Morgan fingerprint density at radius 1 is 0.387 bits per heavy atom. The van der Waals surface area contributed by atoms with E-state index in [9.17, 15) is 0 Å². The van der Waals surface area contributed by atoms with Gasteiger partial charge in [0.2, 0.25) is 0 Å². The van der Waals surface area contributed by atoms with Crippen molar-refractivity contribution in [1.29, 1.82) is 0 Å². The van der Waals surface area contributed by atoms with Gasteiger partial charge >= 0.3 is 0 Å². The maximum atomic E-state index is 2.60. The molecule has 4 rings (SSSR count). The Balaban J connectivity index is 2.46. The summed E-state index contributed by atoms with van der Waals surface area (Å²) in [5.41, 5.74) is 21.0. The van der Waals surface area contributed by atoms with Crippen molar-refractivity contribution in [3.63, 3.8) is 0 Å². The molecule has 0 amide bonds. The molecule has 0 aliphatic rings. The van der Waals surface area contributed by atoms with E-state index in [1.165, 1.54) is 94.3 Å². The lowest BCUT2D eigenvalue weighted by atomic mass is 9.90. The van der Waals surface area contributed by atoms with Crippen LogP contribution >= 0.6 is 0 Å². The van der Waals surface area contributed by atoms with Crippen LogP contribution in [0, 0.1) is 83.1 Å². The van der Waals surface area contributed by atoms with Gasteiger partial charge in [-0.25, -0.2) is 0 Å². The zero-order valence-electron chi connectivity index (χ0n) is 21.5. The molecule has 0 aliphatic carbocycles. The fourth-order valence-electron chi connectivity index (χ4n) is 5.53. The van der Waals surface area contributed by atoms with Crippen LogP contribution in [0.25, 0.3) is 27.5 Å². The zero-order chi connectivity index (χ0) is 23.1. The highest BCUT2D eigenvalue weighted by molar-refractivity contribution is 6.15. The van der Waals surface area contributed by atoms with Crippen molar-refractivity contribution in [3.05, 3.63) is 72.8 Å². The molecule has 0 N–H and O–H groups in total. The summed E-state index contributed by atoms with van der Waals surface area (Å²) < 4.78 is 2.60. The van der Waals surface area contributed by atoms with E-state index in [1.807, 2.05) is 0 Å². The third kappa shape index (κ3) is 2.68. The van der Waals surface area contributed by atoms with Gasteiger partial charge in [-0.15, -0.1) is 0 Å². The topological polar surface area (TPSA) is 4.93 Å². The van der Waals surface area contributed by atoms with Crippen LogP contribution in [0.2, 0.25) is 0 Å². The minimum Gasteiger partial charge on any atom is -0.308 e. The summed E-state index contributed by atoms with van der Waals surface area (Å²) in [6, 6.07) is 2.41. The molecule has 4 aromatic rings. The Morgan fingerprint density at radius 3 is 1.16 bits per heavy atom. The van der Waals surface area contributed by atoms with E-state index in [0.717, 1.165) is 0 Å². The Morgan fingerprint density at radius 2 is 0.742 bits per heavy atom. The van der Waals surface area contributed by atoms with Crippen LogP contribution in [0.4, 0.5) is 0 Å². The number of hydrogen-bond acceptors (Lipinski definition) is 0. The van der Waals surface area contributed by atoms with Crippen molar-refractivity contribution in [1.82, 2.24) is 4.57 Å². The van der Waals surface area contributed by atoms with Crippen LogP contribution in [0.5, 0.6) is 0 Å². The van der Waals surface area contributed by atoms with Crippen LogP contribution in [0.15, 0.2) is 6.07 Å². The first-order valence-electron chi connectivity index (χ1n) is 11.5. The van der Waals surface area contributed by atoms with Crippen molar-refractivity contribution in [3.8, 4) is 5.69 Å². The molecule has 1 aromatic heterocycles. The minimum absolute atomic E-state index is 1.33. The number of benzene rings is 3. The number of rotatable bonds is 1. The van der Waals surface area contributed by atoms with Crippen LogP contribution in [0.3, 0.4) is 0 Å². The molecule has 0 radical (unpaired) electrons. The molecule has 1 nitrogen and oxygen atoms in total. The summed E-state index contributed by atoms with van der Waals surface area (Å²) in [4.78, 5) is 0. The van der Waals surface area contributed by atoms with Gasteiger partial charge in [0.15, 0.2) is 0 Å². The number of nitrogens with zero attached hydrogens (tertiary/aromatic N) is 1. The number of aromatic nitrogens is 1. The summed E-state index contributed by atoms with van der Waals surface area (Å²) in [6.45, 7) is 27.5. The smallest absolute Gasteiger partial charge is 0.0576 e. The zero-order valence-corrected chi connectivity index (χ0v) is 21.5. The molecule has 0 saturated heterocycles. The maximum absolute atomic E-state index is 2.60. The highest BCUT2D eigenvalue weighted by Gasteiger charge is 2.25. The van der Waals surface area contributed by atoms with E-state index in [1.54, 1.807) is 0 Å². The second-order valence-electron chi connectivity index (χ2n) is 9.87. The minimum atomic E-state index is 1.33. The van der Waals surface area contributed by atoms with Gasteiger partial charge in [-0.1, -0.05) is 0 Å². The molecule has 0 aliphatic heterocycles. The lowest BCUT2D eigenvalue weighted by molar-refractivity contribution is 1.08.